The van der Waals surface area contributed by atoms with Gasteiger partial charge in [-0.25, -0.2) is 0 Å². The van der Waals surface area contributed by atoms with Gasteiger partial charge >= 0.3 is 0 Å². The number of aryl methyl sites for hydroxylation is 1. The van der Waals surface area contributed by atoms with Crippen LogP contribution in [0.1, 0.15) is 16.7 Å². The van der Waals surface area contributed by atoms with Crippen molar-refractivity contribution >= 4 is 40.0 Å². The quantitative estimate of drug-likeness (QED) is 0.737. The van der Waals surface area contributed by atoms with Gasteiger partial charge in [-0.2, -0.15) is 0 Å². The second-order valence-electron chi connectivity index (χ2n) is 5.08. The standard InChI is InChI=1S/C17H15Cl2NOS/c1-11-3-2-4-12(7-11)10-21-16-14(18)8-13(9-15(16)19)17-20-5-6-22-17/h2-4,7-9H,5-6,10H2,1H3. The number of aliphatic imine (C=N–C) groups is 1. The van der Waals surface area contributed by atoms with E-state index < -0.39 is 0 Å². The maximum atomic E-state index is 6.34. The highest BCUT2D eigenvalue weighted by Crippen LogP contribution is 2.36. The van der Waals surface area contributed by atoms with E-state index >= 15 is 0 Å². The second kappa shape index (κ2) is 6.95. The molecule has 1 heterocycles. The van der Waals surface area contributed by atoms with E-state index in [0.29, 0.717) is 22.4 Å². The van der Waals surface area contributed by atoms with Gasteiger partial charge in [-0.3, -0.25) is 4.99 Å². The van der Waals surface area contributed by atoms with Crippen molar-refractivity contribution in [2.24, 2.45) is 4.99 Å². The Hall–Kier alpha value is -1.16. The first-order valence-electron chi connectivity index (χ1n) is 6.98. The molecule has 0 spiro atoms. The smallest absolute Gasteiger partial charge is 0.157 e. The van der Waals surface area contributed by atoms with E-state index in [1.54, 1.807) is 11.8 Å². The summed E-state index contributed by atoms with van der Waals surface area (Å²) in [6.07, 6.45) is 0. The third kappa shape index (κ3) is 3.60. The van der Waals surface area contributed by atoms with Gasteiger partial charge in [-0.1, -0.05) is 53.0 Å². The average Bonchev–Trinajstić information content (AvgIpc) is 3.00. The topological polar surface area (TPSA) is 21.6 Å². The summed E-state index contributed by atoms with van der Waals surface area (Å²) >= 11 is 14.4. The lowest BCUT2D eigenvalue weighted by atomic mass is 10.1. The van der Waals surface area contributed by atoms with Crippen LogP contribution in [0.5, 0.6) is 5.75 Å². The van der Waals surface area contributed by atoms with E-state index in [9.17, 15) is 0 Å². The molecule has 2 nitrogen and oxygen atoms in total. The number of ether oxygens (including phenoxy) is 1. The Kier molecular flexibility index (Phi) is 4.97. The molecule has 0 saturated heterocycles. The molecule has 0 unspecified atom stereocenters. The zero-order chi connectivity index (χ0) is 15.5. The third-order valence-corrected chi connectivity index (χ3v) is 4.88. The molecule has 3 rings (SSSR count). The van der Waals surface area contributed by atoms with E-state index in [0.717, 1.165) is 28.5 Å². The Morgan fingerprint density at radius 3 is 2.59 bits per heavy atom. The van der Waals surface area contributed by atoms with Crippen molar-refractivity contribution in [2.45, 2.75) is 13.5 Å². The Morgan fingerprint density at radius 1 is 1.18 bits per heavy atom. The number of hydrogen-bond donors (Lipinski definition) is 0. The Balaban J connectivity index is 1.79. The molecule has 1 aliphatic rings. The molecular formula is C17H15Cl2NOS. The fourth-order valence-electron chi connectivity index (χ4n) is 2.29. The Bertz CT molecular complexity index is 707. The molecule has 0 saturated carbocycles. The molecule has 0 radical (unpaired) electrons. The van der Waals surface area contributed by atoms with Gasteiger partial charge in [-0.05, 0) is 24.6 Å². The van der Waals surface area contributed by atoms with Gasteiger partial charge in [-0.15, -0.1) is 11.8 Å². The lowest BCUT2D eigenvalue weighted by Gasteiger charge is -2.12. The molecule has 0 bridgehead atoms. The fourth-order valence-corrected chi connectivity index (χ4v) is 3.73. The van der Waals surface area contributed by atoms with Crippen LogP contribution in [-0.2, 0) is 6.61 Å². The molecule has 22 heavy (non-hydrogen) atoms. The number of nitrogens with zero attached hydrogens (tertiary/aromatic N) is 1. The van der Waals surface area contributed by atoms with Gasteiger partial charge in [0.25, 0.3) is 0 Å². The predicted octanol–water partition coefficient (Wildman–Crippen LogP) is 5.37. The third-order valence-electron chi connectivity index (χ3n) is 3.30. The van der Waals surface area contributed by atoms with Crippen LogP contribution in [-0.4, -0.2) is 17.3 Å². The van der Waals surface area contributed by atoms with Gasteiger partial charge in [0, 0.05) is 17.9 Å². The van der Waals surface area contributed by atoms with Crippen molar-refractivity contribution in [2.75, 3.05) is 12.3 Å². The minimum Gasteiger partial charge on any atom is -0.486 e. The first-order chi connectivity index (χ1) is 10.6. The Labute approximate surface area is 144 Å². The van der Waals surface area contributed by atoms with Crippen LogP contribution >= 0.6 is 35.0 Å². The largest absolute Gasteiger partial charge is 0.486 e. The van der Waals surface area contributed by atoms with E-state index in [1.165, 1.54) is 5.56 Å². The monoisotopic (exact) mass is 351 g/mol. The zero-order valence-corrected chi connectivity index (χ0v) is 14.4. The minimum atomic E-state index is 0.441. The molecule has 0 aliphatic carbocycles. The molecule has 0 fully saturated rings. The number of rotatable bonds is 4. The van der Waals surface area contributed by atoms with E-state index in [-0.39, 0.29) is 0 Å². The molecule has 2 aromatic rings. The lowest BCUT2D eigenvalue weighted by Crippen LogP contribution is -1.99. The number of thioether (sulfide) groups is 1. The van der Waals surface area contributed by atoms with E-state index in [4.69, 9.17) is 27.9 Å². The molecule has 2 aromatic carbocycles. The molecule has 0 N–H and O–H groups in total. The average molecular weight is 352 g/mol. The maximum Gasteiger partial charge on any atom is 0.157 e. The van der Waals surface area contributed by atoms with Crippen LogP contribution in [0.2, 0.25) is 10.0 Å². The Morgan fingerprint density at radius 2 is 1.95 bits per heavy atom. The van der Waals surface area contributed by atoms with Crippen LogP contribution in [0.4, 0.5) is 0 Å². The summed E-state index contributed by atoms with van der Waals surface area (Å²) in [6, 6.07) is 11.9. The van der Waals surface area contributed by atoms with Crippen molar-refractivity contribution in [3.05, 3.63) is 63.1 Å². The summed E-state index contributed by atoms with van der Waals surface area (Å²) in [5.41, 5.74) is 3.25. The summed E-state index contributed by atoms with van der Waals surface area (Å²) < 4.78 is 5.82. The summed E-state index contributed by atoms with van der Waals surface area (Å²) in [6.45, 7) is 3.34. The summed E-state index contributed by atoms with van der Waals surface area (Å²) in [7, 11) is 0. The van der Waals surface area contributed by atoms with Crippen molar-refractivity contribution in [3.63, 3.8) is 0 Å². The fraction of sp³-hybridized carbons (Fsp3) is 0.235. The molecule has 0 amide bonds. The molecular weight excluding hydrogens is 337 g/mol. The van der Waals surface area contributed by atoms with Gasteiger partial charge in [0.05, 0.1) is 15.1 Å². The summed E-state index contributed by atoms with van der Waals surface area (Å²) in [5.74, 6) is 1.54. The van der Waals surface area contributed by atoms with Gasteiger partial charge in [0.15, 0.2) is 5.75 Å². The second-order valence-corrected chi connectivity index (χ2v) is 6.98. The van der Waals surface area contributed by atoms with Gasteiger partial charge in [0.2, 0.25) is 0 Å². The lowest BCUT2D eigenvalue weighted by molar-refractivity contribution is 0.306. The van der Waals surface area contributed by atoms with Crippen LogP contribution in [0.15, 0.2) is 41.4 Å². The van der Waals surface area contributed by atoms with Crippen molar-refractivity contribution in [3.8, 4) is 5.75 Å². The normalized spacial score (nSPS) is 14.0. The molecule has 0 atom stereocenters. The molecule has 5 heteroatoms. The van der Waals surface area contributed by atoms with E-state index in [1.807, 2.05) is 24.3 Å². The number of benzene rings is 2. The van der Waals surface area contributed by atoms with E-state index in [2.05, 4.69) is 24.0 Å². The van der Waals surface area contributed by atoms with Crippen LogP contribution < -0.4 is 4.74 Å². The zero-order valence-electron chi connectivity index (χ0n) is 12.1. The van der Waals surface area contributed by atoms with Crippen molar-refractivity contribution in [1.82, 2.24) is 0 Å². The van der Waals surface area contributed by atoms with Crippen LogP contribution in [0.3, 0.4) is 0 Å². The van der Waals surface area contributed by atoms with Crippen molar-refractivity contribution < 1.29 is 4.74 Å². The van der Waals surface area contributed by atoms with Crippen LogP contribution in [0.25, 0.3) is 0 Å². The molecule has 114 valence electrons. The highest BCUT2D eigenvalue weighted by atomic mass is 35.5. The molecule has 1 aliphatic heterocycles. The van der Waals surface area contributed by atoms with Gasteiger partial charge in [0.1, 0.15) is 6.61 Å². The highest BCUT2D eigenvalue weighted by molar-refractivity contribution is 8.14. The predicted molar refractivity (Wildman–Crippen MR) is 95.8 cm³/mol. The number of halogens is 2. The summed E-state index contributed by atoms with van der Waals surface area (Å²) in [5, 5.41) is 2.03. The first-order valence-corrected chi connectivity index (χ1v) is 8.72. The highest BCUT2D eigenvalue weighted by Gasteiger charge is 2.15. The SMILES string of the molecule is Cc1cccc(COc2c(Cl)cc(C3=NCCS3)cc2Cl)c1. The maximum absolute atomic E-state index is 6.34. The van der Waals surface area contributed by atoms with Gasteiger partial charge < -0.3 is 4.74 Å². The first kappa shape index (κ1) is 15.7. The number of hydrogen-bond acceptors (Lipinski definition) is 3. The summed E-state index contributed by atoms with van der Waals surface area (Å²) in [4.78, 5) is 4.44. The molecule has 0 aromatic heterocycles. The van der Waals surface area contributed by atoms with Crippen molar-refractivity contribution in [1.29, 1.82) is 0 Å². The minimum absolute atomic E-state index is 0.441. The van der Waals surface area contributed by atoms with Crippen LogP contribution in [0, 0.1) is 6.92 Å².